The van der Waals surface area contributed by atoms with Crippen molar-refractivity contribution in [3.05, 3.63) is 40.4 Å². The number of hydroxylamine groups is 2. The van der Waals surface area contributed by atoms with Gasteiger partial charge in [0, 0.05) is 10.9 Å². The Bertz CT molecular complexity index is 1050. The Kier molecular flexibility index (Phi) is 7.06. The summed E-state index contributed by atoms with van der Waals surface area (Å²) in [5, 5.41) is 11.3. The molecule has 2 aliphatic carbocycles. The Morgan fingerprint density at radius 2 is 1.71 bits per heavy atom. The van der Waals surface area contributed by atoms with Crippen LogP contribution in [0.3, 0.4) is 0 Å². The average Bonchev–Trinajstić information content (AvgIpc) is 3.40. The summed E-state index contributed by atoms with van der Waals surface area (Å²) in [6.07, 6.45) is 9.21. The van der Waals surface area contributed by atoms with Crippen LogP contribution in [-0.4, -0.2) is 43.8 Å². The minimum absolute atomic E-state index is 0.304. The first-order valence-electron chi connectivity index (χ1n) is 12.8. The number of ether oxygens (including phenoxy) is 2. The maximum Gasteiger partial charge on any atom is 0.528 e. The number of hydrogen-bond acceptors (Lipinski definition) is 7. The maximum atomic E-state index is 12.4. The molecule has 2 aromatic rings. The van der Waals surface area contributed by atoms with Gasteiger partial charge in [0.2, 0.25) is 0 Å². The zero-order valence-corrected chi connectivity index (χ0v) is 21.6. The lowest BCUT2D eigenvalue weighted by Gasteiger charge is -2.30. The predicted molar refractivity (Wildman–Crippen MR) is 131 cm³/mol. The van der Waals surface area contributed by atoms with Crippen LogP contribution in [0.25, 0.3) is 5.69 Å². The topological polar surface area (TPSA) is 78.7 Å². The number of carbonyl (C=O) groups excluding carboxylic acids is 1. The van der Waals surface area contributed by atoms with Crippen LogP contribution < -0.4 is 0 Å². The highest BCUT2D eigenvalue weighted by atomic mass is 35.5. The largest absolute Gasteiger partial charge is 0.528 e. The second-order valence-corrected chi connectivity index (χ2v) is 11.4. The summed E-state index contributed by atoms with van der Waals surface area (Å²) < 4.78 is 13.9. The third-order valence-electron chi connectivity index (χ3n) is 7.02. The molecular weight excluding hydrogens is 468 g/mol. The highest BCUT2D eigenvalue weighted by Gasteiger charge is 2.33. The van der Waals surface area contributed by atoms with E-state index in [0.29, 0.717) is 36.2 Å². The average molecular weight is 503 g/mol. The van der Waals surface area contributed by atoms with Gasteiger partial charge in [-0.25, -0.2) is 4.79 Å². The Balaban J connectivity index is 1.35. The molecule has 0 amide bonds. The summed E-state index contributed by atoms with van der Waals surface area (Å²) in [5.41, 5.74) is 1.28. The fourth-order valence-corrected chi connectivity index (χ4v) is 5.65. The van der Waals surface area contributed by atoms with Gasteiger partial charge in [0.25, 0.3) is 0 Å². The predicted octanol–water partition coefficient (Wildman–Crippen LogP) is 6.09. The molecule has 1 aromatic heterocycles. The van der Waals surface area contributed by atoms with E-state index in [1.165, 1.54) is 25.7 Å². The number of halogens is 1. The lowest BCUT2D eigenvalue weighted by Crippen LogP contribution is -2.31. The molecular formula is C26H35ClN4O4. The van der Waals surface area contributed by atoms with Gasteiger partial charge in [0.1, 0.15) is 11.4 Å². The van der Waals surface area contributed by atoms with E-state index in [-0.39, 0.29) is 0 Å². The number of fused-ring (bicyclic) bond motifs is 3. The number of nitrogens with zero attached hydrogens (tertiary/aromatic N) is 4. The van der Waals surface area contributed by atoms with Crippen molar-refractivity contribution in [1.82, 2.24) is 19.8 Å². The van der Waals surface area contributed by atoms with Gasteiger partial charge < -0.3 is 14.3 Å². The molecule has 0 bridgehead atoms. The van der Waals surface area contributed by atoms with Crippen molar-refractivity contribution in [3.63, 3.8) is 0 Å². The number of carbonyl (C=O) groups is 1. The van der Waals surface area contributed by atoms with Crippen LogP contribution in [0.2, 0.25) is 5.02 Å². The van der Waals surface area contributed by atoms with Gasteiger partial charge in [-0.3, -0.25) is 4.57 Å². The van der Waals surface area contributed by atoms with Crippen LogP contribution in [-0.2, 0) is 27.4 Å². The molecule has 0 unspecified atom stereocenters. The maximum absolute atomic E-state index is 12.4. The Hall–Kier alpha value is -2.16. The lowest BCUT2D eigenvalue weighted by atomic mass is 9.86. The van der Waals surface area contributed by atoms with Crippen molar-refractivity contribution in [2.24, 2.45) is 0 Å². The third kappa shape index (κ3) is 5.81. The molecule has 2 saturated carbocycles. The molecule has 0 radical (unpaired) electrons. The molecule has 35 heavy (non-hydrogen) atoms. The highest BCUT2D eigenvalue weighted by Crippen LogP contribution is 2.38. The summed E-state index contributed by atoms with van der Waals surface area (Å²) >= 11 is 6.34. The zero-order valence-electron chi connectivity index (χ0n) is 20.8. The van der Waals surface area contributed by atoms with E-state index >= 15 is 0 Å². The summed E-state index contributed by atoms with van der Waals surface area (Å²) in [7, 11) is 0. The molecule has 0 spiro atoms. The van der Waals surface area contributed by atoms with Crippen LogP contribution >= 0.6 is 11.6 Å². The van der Waals surface area contributed by atoms with Crippen molar-refractivity contribution >= 4 is 17.8 Å². The number of aromatic nitrogens is 3. The van der Waals surface area contributed by atoms with Crippen molar-refractivity contribution < 1.29 is 19.1 Å². The van der Waals surface area contributed by atoms with E-state index in [1.54, 1.807) is 5.06 Å². The van der Waals surface area contributed by atoms with Gasteiger partial charge in [0.05, 0.1) is 31.0 Å². The first kappa shape index (κ1) is 24.5. The lowest BCUT2D eigenvalue weighted by molar-refractivity contribution is -0.155. The Morgan fingerprint density at radius 1 is 1.00 bits per heavy atom. The molecule has 0 N–H and O–H groups in total. The molecule has 8 nitrogen and oxygen atoms in total. The van der Waals surface area contributed by atoms with E-state index in [2.05, 4.69) is 14.8 Å². The van der Waals surface area contributed by atoms with Gasteiger partial charge in [-0.2, -0.15) is 0 Å². The van der Waals surface area contributed by atoms with Crippen molar-refractivity contribution in [2.75, 3.05) is 0 Å². The quantitative estimate of drug-likeness (QED) is 0.468. The molecule has 9 heteroatoms. The van der Waals surface area contributed by atoms with Crippen LogP contribution in [0.4, 0.5) is 4.79 Å². The normalized spacial score (nSPS) is 23.4. The zero-order chi connectivity index (χ0) is 24.6. The monoisotopic (exact) mass is 502 g/mol. The second kappa shape index (κ2) is 10.1. The van der Waals surface area contributed by atoms with Gasteiger partial charge in [-0.1, -0.05) is 24.4 Å². The number of hydrogen-bond donors (Lipinski definition) is 0. The molecule has 5 rings (SSSR count). The second-order valence-electron chi connectivity index (χ2n) is 11.0. The standard InChI is InChI=1S/C26H35ClN4O4/c1-26(2,3)34-25(32)35-30-15-18-14-19(27)10-13-22(18)31-23(16-30)28-29-24(31)17-8-11-21(12-9-17)33-20-6-4-5-7-20/h10,13-14,17,20-21H,4-9,11-12,15-16H2,1-3H3/t17-,21-. The molecule has 0 saturated heterocycles. The van der Waals surface area contributed by atoms with E-state index in [4.69, 9.17) is 25.9 Å². The summed E-state index contributed by atoms with van der Waals surface area (Å²) in [5.74, 6) is 2.00. The van der Waals surface area contributed by atoms with Gasteiger partial charge in [0.15, 0.2) is 5.82 Å². The molecule has 0 atom stereocenters. The molecule has 1 aromatic carbocycles. The van der Waals surface area contributed by atoms with E-state index in [1.807, 2.05) is 39.0 Å². The molecule has 190 valence electrons. The SMILES string of the molecule is CC(C)(C)OC(=O)ON1Cc2cc(Cl)ccc2-n2c(nnc2[C@H]2CC[C@H](OC3CCCC3)CC2)C1. The minimum Gasteiger partial charge on any atom is -0.427 e. The van der Waals surface area contributed by atoms with Gasteiger partial charge >= 0.3 is 6.16 Å². The summed E-state index contributed by atoms with van der Waals surface area (Å²) in [6, 6.07) is 5.79. The van der Waals surface area contributed by atoms with E-state index in [9.17, 15) is 4.79 Å². The Morgan fingerprint density at radius 3 is 2.43 bits per heavy atom. The Labute approximate surface area is 211 Å². The fourth-order valence-electron chi connectivity index (χ4n) is 5.45. The molecule has 2 heterocycles. The first-order valence-corrected chi connectivity index (χ1v) is 13.2. The van der Waals surface area contributed by atoms with Gasteiger partial charge in [-0.05, 0) is 83.1 Å². The van der Waals surface area contributed by atoms with Crippen molar-refractivity contribution in [2.45, 2.75) is 109 Å². The van der Waals surface area contributed by atoms with Gasteiger partial charge in [-0.15, -0.1) is 15.3 Å². The summed E-state index contributed by atoms with van der Waals surface area (Å²) in [4.78, 5) is 17.9. The summed E-state index contributed by atoms with van der Waals surface area (Å²) in [6.45, 7) is 6.10. The van der Waals surface area contributed by atoms with Crippen molar-refractivity contribution in [3.8, 4) is 5.69 Å². The van der Waals surface area contributed by atoms with Crippen LogP contribution in [0.15, 0.2) is 18.2 Å². The molecule has 3 aliphatic rings. The third-order valence-corrected chi connectivity index (χ3v) is 7.26. The molecule has 1 aliphatic heterocycles. The number of rotatable bonds is 4. The number of benzene rings is 1. The highest BCUT2D eigenvalue weighted by molar-refractivity contribution is 6.30. The minimum atomic E-state index is -0.741. The van der Waals surface area contributed by atoms with E-state index < -0.39 is 11.8 Å². The van der Waals surface area contributed by atoms with E-state index in [0.717, 1.165) is 48.6 Å². The first-order chi connectivity index (χ1) is 16.7. The van der Waals surface area contributed by atoms with Crippen LogP contribution in [0.5, 0.6) is 0 Å². The van der Waals surface area contributed by atoms with Crippen LogP contribution in [0, 0.1) is 0 Å². The smallest absolute Gasteiger partial charge is 0.427 e. The fraction of sp³-hybridized carbons (Fsp3) is 0.654. The van der Waals surface area contributed by atoms with Crippen molar-refractivity contribution in [1.29, 1.82) is 0 Å². The molecule has 2 fully saturated rings. The van der Waals surface area contributed by atoms with Crippen LogP contribution in [0.1, 0.15) is 95.3 Å².